The van der Waals surface area contributed by atoms with Gasteiger partial charge in [0.1, 0.15) is 22.9 Å². The monoisotopic (exact) mass is 740 g/mol. The predicted molar refractivity (Wildman–Crippen MR) is 215 cm³/mol. The number of ether oxygens (including phenoxy) is 3. The zero-order chi connectivity index (χ0) is 37.2. The molecule has 0 bridgehead atoms. The molecule has 9 rings (SSSR count). The third-order valence-electron chi connectivity index (χ3n) is 12.7. The molecule has 1 N–H and O–H groups in total. The van der Waals surface area contributed by atoms with E-state index >= 15 is 0 Å². The highest BCUT2D eigenvalue weighted by Crippen LogP contribution is 2.53. The number of hydrogen-bond acceptors (Lipinski definition) is 9. The van der Waals surface area contributed by atoms with Crippen LogP contribution in [-0.4, -0.2) is 103 Å². The van der Waals surface area contributed by atoms with E-state index in [1.54, 1.807) is 13.3 Å². The SMILES string of the molecule is COc1ccc(CN2CCN(C3CC4(CCN(c5ccc(C=O)c(Oc6cnc7[nH]ccc7c6)c5)CC4)C3)C(c3ccccc3CN3CCOCC3)C2)cc1. The number of H-pyrrole nitrogens is 1. The van der Waals surface area contributed by atoms with Crippen molar-refractivity contribution in [2.75, 3.05) is 71.0 Å². The molecule has 5 heterocycles. The molecular formula is C45H52N6O4. The first-order valence-electron chi connectivity index (χ1n) is 20.0. The second kappa shape index (κ2) is 15.8. The van der Waals surface area contributed by atoms with Crippen LogP contribution in [-0.2, 0) is 17.8 Å². The lowest BCUT2D eigenvalue weighted by Gasteiger charge is -2.58. The van der Waals surface area contributed by atoms with Gasteiger partial charge in [-0.2, -0.15) is 0 Å². The lowest BCUT2D eigenvalue weighted by atomic mass is 9.59. The number of morpholine rings is 1. The number of aldehydes is 1. The number of carbonyl (C=O) groups excluding carboxylic acids is 1. The summed E-state index contributed by atoms with van der Waals surface area (Å²) in [5.74, 6) is 2.09. The topological polar surface area (TPSA) is 86.4 Å². The minimum atomic E-state index is 0.356. The van der Waals surface area contributed by atoms with Crippen molar-refractivity contribution in [3.8, 4) is 17.2 Å². The Labute approximate surface area is 324 Å². The number of piperazine rings is 1. The third-order valence-corrected chi connectivity index (χ3v) is 12.7. The molecule has 4 aliphatic rings. The number of piperidine rings is 1. The molecule has 1 aliphatic carbocycles. The van der Waals surface area contributed by atoms with Crippen molar-refractivity contribution in [2.24, 2.45) is 5.41 Å². The van der Waals surface area contributed by atoms with Gasteiger partial charge in [0, 0.05) is 94.3 Å². The Bertz CT molecular complexity index is 2080. The first-order chi connectivity index (χ1) is 27.0. The van der Waals surface area contributed by atoms with Crippen LogP contribution >= 0.6 is 0 Å². The van der Waals surface area contributed by atoms with Gasteiger partial charge in [-0.1, -0.05) is 36.4 Å². The predicted octanol–water partition coefficient (Wildman–Crippen LogP) is 7.32. The second-order valence-electron chi connectivity index (χ2n) is 16.0. The van der Waals surface area contributed by atoms with E-state index in [9.17, 15) is 4.79 Å². The van der Waals surface area contributed by atoms with Crippen LogP contribution < -0.4 is 14.4 Å². The average molecular weight is 741 g/mol. The molecule has 10 nitrogen and oxygen atoms in total. The molecule has 55 heavy (non-hydrogen) atoms. The van der Waals surface area contributed by atoms with Crippen molar-refractivity contribution < 1.29 is 19.0 Å². The largest absolute Gasteiger partial charge is 0.497 e. The van der Waals surface area contributed by atoms with Gasteiger partial charge in [0.25, 0.3) is 0 Å². The number of pyridine rings is 1. The number of aromatic amines is 1. The molecule has 1 atom stereocenters. The molecule has 3 aromatic carbocycles. The maximum absolute atomic E-state index is 12.0. The average Bonchev–Trinajstić information content (AvgIpc) is 3.69. The molecule has 3 aliphatic heterocycles. The molecule has 4 fully saturated rings. The van der Waals surface area contributed by atoms with E-state index in [2.05, 4.69) is 84.2 Å². The summed E-state index contributed by atoms with van der Waals surface area (Å²) in [6, 6.07) is 28.6. The van der Waals surface area contributed by atoms with E-state index in [0.717, 1.165) is 101 Å². The number of nitrogens with zero attached hydrogens (tertiary/aromatic N) is 5. The minimum Gasteiger partial charge on any atom is -0.497 e. The summed E-state index contributed by atoms with van der Waals surface area (Å²) in [5.41, 5.74) is 7.12. The van der Waals surface area contributed by atoms with Crippen LogP contribution in [0.1, 0.15) is 58.8 Å². The number of methoxy groups -OCH3 is 1. The molecule has 1 unspecified atom stereocenters. The van der Waals surface area contributed by atoms with Crippen LogP contribution in [0.15, 0.2) is 91.3 Å². The van der Waals surface area contributed by atoms with E-state index in [0.29, 0.717) is 34.6 Å². The van der Waals surface area contributed by atoms with Crippen LogP contribution in [0.25, 0.3) is 11.0 Å². The Balaban J connectivity index is 0.881. The fourth-order valence-corrected chi connectivity index (χ4v) is 9.53. The number of rotatable bonds is 11. The van der Waals surface area contributed by atoms with Crippen LogP contribution in [0.3, 0.4) is 0 Å². The summed E-state index contributed by atoms with van der Waals surface area (Å²) in [6.07, 6.45) is 9.31. The molecule has 1 spiro atoms. The number of nitrogens with one attached hydrogen (secondary N) is 1. The zero-order valence-electron chi connectivity index (χ0n) is 31.9. The second-order valence-corrected chi connectivity index (χ2v) is 16.0. The standard InChI is InChI=1S/C45H52N6O4/c1-53-39-10-6-33(7-11-39)29-49-18-19-51(42(31-49)41-5-3-2-4-35(41)30-48-20-22-54-23-21-48)38-26-45(27-38)13-16-50(17-14-45)37-9-8-36(32-52)43(25-37)55-40-24-34-12-15-46-44(34)47-28-40/h2-12,15,24-25,28,32,38,42H,13-14,16-23,26-27,29-31H2,1H3,(H,46,47). The summed E-state index contributed by atoms with van der Waals surface area (Å²) in [7, 11) is 1.73. The third kappa shape index (κ3) is 7.74. The van der Waals surface area contributed by atoms with Gasteiger partial charge in [-0.25, -0.2) is 4.98 Å². The maximum Gasteiger partial charge on any atom is 0.153 e. The maximum atomic E-state index is 12.0. The Morgan fingerprint density at radius 2 is 1.69 bits per heavy atom. The lowest BCUT2D eigenvalue weighted by Crippen LogP contribution is -2.60. The van der Waals surface area contributed by atoms with Crippen molar-refractivity contribution in [1.82, 2.24) is 24.7 Å². The Morgan fingerprint density at radius 1 is 0.873 bits per heavy atom. The Hall–Kier alpha value is -4.74. The highest BCUT2D eigenvalue weighted by molar-refractivity contribution is 5.81. The van der Waals surface area contributed by atoms with Crippen molar-refractivity contribution in [2.45, 2.75) is 50.9 Å². The smallest absolute Gasteiger partial charge is 0.153 e. The normalized spacial score (nSPS) is 21.1. The first kappa shape index (κ1) is 35.9. The number of hydrogen-bond donors (Lipinski definition) is 1. The van der Waals surface area contributed by atoms with Crippen LogP contribution in [0.4, 0.5) is 5.69 Å². The zero-order valence-corrected chi connectivity index (χ0v) is 31.9. The molecule has 1 saturated carbocycles. The summed E-state index contributed by atoms with van der Waals surface area (Å²) < 4.78 is 17.4. The van der Waals surface area contributed by atoms with Gasteiger partial charge in [-0.05, 0) is 84.2 Å². The molecule has 2 aromatic heterocycles. The Morgan fingerprint density at radius 3 is 2.49 bits per heavy atom. The first-order valence-corrected chi connectivity index (χ1v) is 20.0. The summed E-state index contributed by atoms with van der Waals surface area (Å²) in [5, 5.41) is 0.973. The summed E-state index contributed by atoms with van der Waals surface area (Å²) >= 11 is 0. The quantitative estimate of drug-likeness (QED) is 0.140. The summed E-state index contributed by atoms with van der Waals surface area (Å²) in [4.78, 5) is 30.1. The van der Waals surface area contributed by atoms with Gasteiger partial charge >= 0.3 is 0 Å². The van der Waals surface area contributed by atoms with Gasteiger partial charge in [-0.15, -0.1) is 0 Å². The van der Waals surface area contributed by atoms with Gasteiger partial charge in [0.15, 0.2) is 6.29 Å². The number of carbonyl (C=O) groups is 1. The molecule has 286 valence electrons. The number of fused-ring (bicyclic) bond motifs is 1. The molecule has 10 heteroatoms. The van der Waals surface area contributed by atoms with Crippen LogP contribution in [0.5, 0.6) is 17.2 Å². The van der Waals surface area contributed by atoms with Crippen molar-refractivity contribution >= 4 is 23.0 Å². The van der Waals surface area contributed by atoms with Crippen molar-refractivity contribution in [3.05, 3.63) is 114 Å². The van der Waals surface area contributed by atoms with E-state index < -0.39 is 0 Å². The fourth-order valence-electron chi connectivity index (χ4n) is 9.53. The van der Waals surface area contributed by atoms with Crippen molar-refractivity contribution in [1.29, 1.82) is 0 Å². The summed E-state index contributed by atoms with van der Waals surface area (Å²) in [6.45, 7) is 10.7. The van der Waals surface area contributed by atoms with E-state index in [1.165, 1.54) is 42.4 Å². The van der Waals surface area contributed by atoms with Gasteiger partial charge < -0.3 is 24.1 Å². The molecule has 0 radical (unpaired) electrons. The van der Waals surface area contributed by atoms with Crippen LogP contribution in [0.2, 0.25) is 0 Å². The molecule has 0 amide bonds. The number of benzene rings is 3. The highest BCUT2D eigenvalue weighted by Gasteiger charge is 2.50. The molecule has 3 saturated heterocycles. The molecular weight excluding hydrogens is 689 g/mol. The van der Waals surface area contributed by atoms with E-state index in [4.69, 9.17) is 14.2 Å². The number of anilines is 1. The minimum absolute atomic E-state index is 0.356. The van der Waals surface area contributed by atoms with Crippen LogP contribution in [0, 0.1) is 5.41 Å². The van der Waals surface area contributed by atoms with Gasteiger partial charge in [0.05, 0.1) is 32.1 Å². The Kier molecular flexibility index (Phi) is 10.3. The van der Waals surface area contributed by atoms with E-state index in [1.807, 2.05) is 30.5 Å². The fraction of sp³-hybridized carbons (Fsp3) is 0.422. The van der Waals surface area contributed by atoms with Gasteiger partial charge in [-0.3, -0.25) is 19.5 Å². The lowest BCUT2D eigenvalue weighted by molar-refractivity contribution is -0.0629. The van der Waals surface area contributed by atoms with E-state index in [-0.39, 0.29) is 0 Å². The number of aromatic nitrogens is 2. The molecule has 5 aromatic rings. The van der Waals surface area contributed by atoms with Crippen molar-refractivity contribution in [3.63, 3.8) is 0 Å². The van der Waals surface area contributed by atoms with Gasteiger partial charge in [0.2, 0.25) is 0 Å². The highest BCUT2D eigenvalue weighted by atomic mass is 16.5.